The molecule has 0 radical (unpaired) electrons. The molecule has 0 unspecified atom stereocenters. The zero-order chi connectivity index (χ0) is 12.4. The number of carbonyl (C=O) groups excluding carboxylic acids is 2. The fourth-order valence-electron chi connectivity index (χ4n) is 1.84. The van der Waals surface area contributed by atoms with Gasteiger partial charge >= 0.3 is 0 Å². The van der Waals surface area contributed by atoms with Gasteiger partial charge in [-0.15, -0.1) is 0 Å². The molecule has 1 N–H and O–H groups in total. The summed E-state index contributed by atoms with van der Waals surface area (Å²) in [5.41, 5.74) is 0.888. The van der Waals surface area contributed by atoms with E-state index in [4.69, 9.17) is 0 Å². The molecule has 1 aromatic rings. The molecule has 0 fully saturated rings. The Morgan fingerprint density at radius 2 is 1.82 bits per heavy atom. The predicted molar refractivity (Wildman–Crippen MR) is 64.0 cm³/mol. The van der Waals surface area contributed by atoms with Crippen LogP contribution in [0.3, 0.4) is 0 Å². The highest BCUT2D eigenvalue weighted by Crippen LogP contribution is 2.23. The summed E-state index contributed by atoms with van der Waals surface area (Å²) in [4.78, 5) is 23.9. The van der Waals surface area contributed by atoms with E-state index in [1.807, 2.05) is 0 Å². The smallest absolute Gasteiger partial charge is 0.192 e. The van der Waals surface area contributed by atoms with Crippen molar-refractivity contribution < 1.29 is 14.7 Å². The Hall–Kier alpha value is -2.00. The van der Waals surface area contributed by atoms with Crippen molar-refractivity contribution in [3.63, 3.8) is 0 Å². The SMILES string of the molecule is C/C=C/[C@H](O)C1=CC(=O)c2ccccc2C1=O. The first-order valence-corrected chi connectivity index (χ1v) is 5.35. The first kappa shape index (κ1) is 11.5. The van der Waals surface area contributed by atoms with Crippen LogP contribution in [0.5, 0.6) is 0 Å². The highest BCUT2D eigenvalue weighted by atomic mass is 16.3. The Bertz CT molecular complexity index is 538. The van der Waals surface area contributed by atoms with E-state index < -0.39 is 6.10 Å². The van der Waals surface area contributed by atoms with Gasteiger partial charge in [-0.1, -0.05) is 36.4 Å². The van der Waals surface area contributed by atoms with Crippen molar-refractivity contribution in [1.82, 2.24) is 0 Å². The van der Waals surface area contributed by atoms with Gasteiger partial charge in [0, 0.05) is 16.7 Å². The van der Waals surface area contributed by atoms with Gasteiger partial charge in [-0.05, 0) is 13.0 Å². The number of benzene rings is 1. The van der Waals surface area contributed by atoms with Gasteiger partial charge in [0.25, 0.3) is 0 Å². The molecule has 2 rings (SSSR count). The van der Waals surface area contributed by atoms with Gasteiger partial charge in [-0.3, -0.25) is 9.59 Å². The van der Waals surface area contributed by atoms with Crippen molar-refractivity contribution in [1.29, 1.82) is 0 Å². The molecule has 0 bridgehead atoms. The molecule has 3 nitrogen and oxygen atoms in total. The van der Waals surface area contributed by atoms with Crippen molar-refractivity contribution in [2.75, 3.05) is 0 Å². The van der Waals surface area contributed by atoms with Gasteiger partial charge in [0.15, 0.2) is 11.6 Å². The van der Waals surface area contributed by atoms with Crippen molar-refractivity contribution in [2.45, 2.75) is 13.0 Å². The summed E-state index contributed by atoms with van der Waals surface area (Å²) in [5, 5.41) is 9.76. The molecular weight excluding hydrogens is 216 g/mol. The molecule has 0 spiro atoms. The molecule has 1 aliphatic rings. The maximum Gasteiger partial charge on any atom is 0.192 e. The summed E-state index contributed by atoms with van der Waals surface area (Å²) >= 11 is 0. The number of aliphatic hydroxyl groups is 1. The van der Waals surface area contributed by atoms with E-state index in [9.17, 15) is 14.7 Å². The minimum atomic E-state index is -1.02. The number of hydrogen-bond donors (Lipinski definition) is 1. The molecule has 0 saturated carbocycles. The third-order valence-corrected chi connectivity index (χ3v) is 2.68. The fraction of sp³-hybridized carbons (Fsp3) is 0.143. The number of hydrogen-bond acceptors (Lipinski definition) is 3. The molecule has 1 atom stereocenters. The van der Waals surface area contributed by atoms with Gasteiger partial charge in [-0.2, -0.15) is 0 Å². The summed E-state index contributed by atoms with van der Waals surface area (Å²) < 4.78 is 0. The van der Waals surface area contributed by atoms with E-state index >= 15 is 0 Å². The average molecular weight is 228 g/mol. The normalized spacial score (nSPS) is 16.9. The van der Waals surface area contributed by atoms with Crippen LogP contribution in [0.25, 0.3) is 0 Å². The Balaban J connectivity index is 2.48. The van der Waals surface area contributed by atoms with E-state index in [-0.39, 0.29) is 17.1 Å². The van der Waals surface area contributed by atoms with Crippen molar-refractivity contribution in [2.24, 2.45) is 0 Å². The molecule has 86 valence electrons. The molecule has 1 aliphatic carbocycles. The third kappa shape index (κ3) is 1.97. The second kappa shape index (κ2) is 4.47. The van der Waals surface area contributed by atoms with E-state index in [1.54, 1.807) is 37.3 Å². The largest absolute Gasteiger partial charge is 0.384 e. The van der Waals surface area contributed by atoms with Gasteiger partial charge in [0.1, 0.15) is 6.10 Å². The van der Waals surface area contributed by atoms with Crippen LogP contribution in [0.15, 0.2) is 48.1 Å². The molecule has 3 heteroatoms. The van der Waals surface area contributed by atoms with Crippen LogP contribution < -0.4 is 0 Å². The van der Waals surface area contributed by atoms with Crippen molar-refractivity contribution >= 4 is 11.6 Å². The minimum absolute atomic E-state index is 0.131. The number of allylic oxidation sites excluding steroid dienone is 2. The maximum absolute atomic E-state index is 12.1. The topological polar surface area (TPSA) is 54.4 Å². The van der Waals surface area contributed by atoms with Gasteiger partial charge in [-0.25, -0.2) is 0 Å². The van der Waals surface area contributed by atoms with Gasteiger partial charge in [0.2, 0.25) is 0 Å². The average Bonchev–Trinajstić information content (AvgIpc) is 2.34. The lowest BCUT2D eigenvalue weighted by molar-refractivity contribution is 0.0960. The van der Waals surface area contributed by atoms with E-state index in [0.29, 0.717) is 11.1 Å². The van der Waals surface area contributed by atoms with Crippen LogP contribution in [0.4, 0.5) is 0 Å². The number of ketones is 2. The lowest BCUT2D eigenvalue weighted by Crippen LogP contribution is -2.23. The number of Topliss-reactive ketones (excluding diaryl/α,β-unsaturated/α-hetero) is 1. The number of aliphatic hydroxyl groups excluding tert-OH is 1. The molecule has 0 saturated heterocycles. The van der Waals surface area contributed by atoms with Crippen LogP contribution in [0.1, 0.15) is 27.6 Å². The van der Waals surface area contributed by atoms with E-state index in [2.05, 4.69) is 0 Å². The second-order valence-corrected chi connectivity index (χ2v) is 3.81. The van der Waals surface area contributed by atoms with Crippen LogP contribution >= 0.6 is 0 Å². The fourth-order valence-corrected chi connectivity index (χ4v) is 1.84. The zero-order valence-electron chi connectivity index (χ0n) is 9.38. The third-order valence-electron chi connectivity index (χ3n) is 2.68. The van der Waals surface area contributed by atoms with Gasteiger partial charge < -0.3 is 5.11 Å². The Morgan fingerprint density at radius 1 is 1.18 bits per heavy atom. The summed E-state index contributed by atoms with van der Waals surface area (Å²) in [6.45, 7) is 1.74. The lowest BCUT2D eigenvalue weighted by atomic mass is 9.87. The lowest BCUT2D eigenvalue weighted by Gasteiger charge is -2.16. The maximum atomic E-state index is 12.1. The molecule has 17 heavy (non-hydrogen) atoms. The number of rotatable bonds is 2. The van der Waals surface area contributed by atoms with Crippen molar-refractivity contribution in [3.8, 4) is 0 Å². The highest BCUT2D eigenvalue weighted by molar-refractivity contribution is 6.24. The molecule has 0 aliphatic heterocycles. The first-order valence-electron chi connectivity index (χ1n) is 5.35. The second-order valence-electron chi connectivity index (χ2n) is 3.81. The van der Waals surface area contributed by atoms with Crippen molar-refractivity contribution in [3.05, 3.63) is 59.2 Å². The monoisotopic (exact) mass is 228 g/mol. The standard InChI is InChI=1S/C14H12O3/c1-2-5-12(15)11-8-13(16)9-6-3-4-7-10(9)14(11)17/h2-8,12,15H,1H3/b5-2+/t12-/m0/s1. The van der Waals surface area contributed by atoms with Gasteiger partial charge in [0.05, 0.1) is 0 Å². The van der Waals surface area contributed by atoms with E-state index in [0.717, 1.165) is 0 Å². The van der Waals surface area contributed by atoms with Crippen LogP contribution in [0.2, 0.25) is 0 Å². The number of fused-ring (bicyclic) bond motifs is 1. The van der Waals surface area contributed by atoms with E-state index in [1.165, 1.54) is 12.2 Å². The summed E-state index contributed by atoms with van der Waals surface area (Å²) in [7, 11) is 0. The minimum Gasteiger partial charge on any atom is -0.384 e. The number of carbonyl (C=O) groups is 2. The molecule has 1 aromatic carbocycles. The predicted octanol–water partition coefficient (Wildman–Crippen LogP) is 1.93. The van der Waals surface area contributed by atoms with Crippen LogP contribution in [-0.4, -0.2) is 22.8 Å². The molecule has 0 amide bonds. The highest BCUT2D eigenvalue weighted by Gasteiger charge is 2.27. The summed E-state index contributed by atoms with van der Waals surface area (Å²) in [5.74, 6) is -0.524. The Morgan fingerprint density at radius 3 is 2.47 bits per heavy atom. The molecular formula is C14H12O3. The summed E-state index contributed by atoms with van der Waals surface area (Å²) in [6.07, 6.45) is 3.31. The Kier molecular flexibility index (Phi) is 3.02. The molecule has 0 aromatic heterocycles. The van der Waals surface area contributed by atoms with Crippen LogP contribution in [0, 0.1) is 0 Å². The molecule has 0 heterocycles. The van der Waals surface area contributed by atoms with Crippen LogP contribution in [-0.2, 0) is 0 Å². The quantitative estimate of drug-likeness (QED) is 0.787. The Labute approximate surface area is 99.1 Å². The first-order chi connectivity index (χ1) is 8.15. The zero-order valence-corrected chi connectivity index (χ0v) is 9.38. The summed E-state index contributed by atoms with van der Waals surface area (Å²) in [6, 6.07) is 6.63.